The monoisotopic (exact) mass is 378 g/mol. The molecule has 0 radical (unpaired) electrons. The highest BCUT2D eigenvalue weighted by Gasteiger charge is 2.13. The van der Waals surface area contributed by atoms with Gasteiger partial charge in [0.05, 0.1) is 13.2 Å². The minimum absolute atomic E-state index is 0.844. The van der Waals surface area contributed by atoms with Gasteiger partial charge in [0.2, 0.25) is 10.3 Å². The largest absolute Gasteiger partial charge is 0.379 e. The Labute approximate surface area is 160 Å². The first kappa shape index (κ1) is 19.3. The van der Waals surface area contributed by atoms with Crippen LogP contribution in [0.5, 0.6) is 0 Å². The van der Waals surface area contributed by atoms with Gasteiger partial charge < -0.3 is 15.0 Å². The molecule has 1 N–H and O–H groups in total. The molecule has 0 aromatic carbocycles. The van der Waals surface area contributed by atoms with Crippen LogP contribution in [0.15, 0.2) is 18.3 Å². The fraction of sp³-hybridized carbons (Fsp3) is 0.667. The zero-order chi connectivity index (χ0) is 18.2. The third-order valence-corrected chi connectivity index (χ3v) is 5.70. The molecule has 1 aliphatic heterocycles. The molecule has 0 saturated carbocycles. The lowest BCUT2D eigenvalue weighted by Crippen LogP contribution is -2.37. The van der Waals surface area contributed by atoms with Gasteiger partial charge in [-0.15, -0.1) is 10.2 Å². The molecule has 1 fully saturated rings. The van der Waals surface area contributed by atoms with Crippen LogP contribution in [0, 0.1) is 0 Å². The average Bonchev–Trinajstić information content (AvgIpc) is 3.33. The molecule has 2 aromatic rings. The molecule has 0 amide bonds. The third kappa shape index (κ3) is 5.03. The van der Waals surface area contributed by atoms with Crippen molar-refractivity contribution in [2.45, 2.75) is 26.8 Å². The van der Waals surface area contributed by atoms with Crippen LogP contribution >= 0.6 is 11.3 Å². The zero-order valence-corrected chi connectivity index (χ0v) is 16.7. The SMILES string of the molecule is CCN(CC)c1nnc(-n2cccc2CNCCCN2CCOCC2)s1. The van der Waals surface area contributed by atoms with E-state index in [2.05, 4.69) is 62.1 Å². The fourth-order valence-electron chi connectivity index (χ4n) is 3.14. The van der Waals surface area contributed by atoms with E-state index in [9.17, 15) is 0 Å². The lowest BCUT2D eigenvalue weighted by Gasteiger charge is -2.26. The molecular formula is C18H30N6OS. The maximum atomic E-state index is 5.39. The predicted molar refractivity (Wildman–Crippen MR) is 106 cm³/mol. The zero-order valence-electron chi connectivity index (χ0n) is 15.9. The summed E-state index contributed by atoms with van der Waals surface area (Å²) in [5.74, 6) is 0. The van der Waals surface area contributed by atoms with Crippen molar-refractivity contribution in [3.8, 4) is 5.13 Å². The predicted octanol–water partition coefficient (Wildman–Crippen LogP) is 1.99. The number of rotatable bonds is 10. The lowest BCUT2D eigenvalue weighted by molar-refractivity contribution is 0.0374. The summed E-state index contributed by atoms with van der Waals surface area (Å²) in [5.41, 5.74) is 1.22. The fourth-order valence-corrected chi connectivity index (χ4v) is 4.13. The van der Waals surface area contributed by atoms with Crippen LogP contribution in [-0.2, 0) is 11.3 Å². The highest BCUT2D eigenvalue weighted by molar-refractivity contribution is 7.17. The van der Waals surface area contributed by atoms with E-state index in [4.69, 9.17) is 4.74 Å². The number of nitrogens with zero attached hydrogens (tertiary/aromatic N) is 5. The molecule has 3 heterocycles. The molecule has 0 atom stereocenters. The van der Waals surface area contributed by atoms with Crippen LogP contribution in [0.2, 0.25) is 0 Å². The second-order valence-corrected chi connectivity index (χ2v) is 7.33. The number of morpholine rings is 1. The van der Waals surface area contributed by atoms with E-state index < -0.39 is 0 Å². The second-order valence-electron chi connectivity index (χ2n) is 6.39. The van der Waals surface area contributed by atoms with Crippen LogP contribution in [0.4, 0.5) is 5.13 Å². The lowest BCUT2D eigenvalue weighted by atomic mass is 10.3. The smallest absolute Gasteiger partial charge is 0.218 e. The van der Waals surface area contributed by atoms with Crippen molar-refractivity contribution < 1.29 is 4.74 Å². The first-order valence-corrected chi connectivity index (χ1v) is 10.4. The molecule has 7 nitrogen and oxygen atoms in total. The molecule has 0 spiro atoms. The molecule has 2 aromatic heterocycles. The Balaban J connectivity index is 1.47. The molecule has 0 unspecified atom stereocenters. The molecule has 0 bridgehead atoms. The summed E-state index contributed by atoms with van der Waals surface area (Å²) < 4.78 is 7.53. The van der Waals surface area contributed by atoms with Gasteiger partial charge in [-0.05, 0) is 45.5 Å². The molecule has 8 heteroatoms. The topological polar surface area (TPSA) is 58.5 Å². The summed E-state index contributed by atoms with van der Waals surface area (Å²) in [7, 11) is 0. The third-order valence-electron chi connectivity index (χ3n) is 4.71. The summed E-state index contributed by atoms with van der Waals surface area (Å²) in [6.07, 6.45) is 3.23. The number of ether oxygens (including phenoxy) is 1. The highest BCUT2D eigenvalue weighted by Crippen LogP contribution is 2.24. The number of nitrogens with one attached hydrogen (secondary N) is 1. The van der Waals surface area contributed by atoms with Gasteiger partial charge in [0.15, 0.2) is 0 Å². The summed E-state index contributed by atoms with van der Waals surface area (Å²) in [6.45, 7) is 13.1. The van der Waals surface area contributed by atoms with E-state index >= 15 is 0 Å². The number of hydrogen-bond donors (Lipinski definition) is 1. The minimum Gasteiger partial charge on any atom is -0.379 e. The van der Waals surface area contributed by atoms with Crippen molar-refractivity contribution in [2.75, 3.05) is 57.4 Å². The Bertz CT molecular complexity index is 648. The second kappa shape index (κ2) is 10.0. The van der Waals surface area contributed by atoms with Crippen LogP contribution in [0.3, 0.4) is 0 Å². The van der Waals surface area contributed by atoms with E-state index in [0.29, 0.717) is 0 Å². The first-order chi connectivity index (χ1) is 12.8. The van der Waals surface area contributed by atoms with Gasteiger partial charge in [0.1, 0.15) is 0 Å². The molecule has 1 saturated heterocycles. The maximum absolute atomic E-state index is 5.39. The van der Waals surface area contributed by atoms with E-state index in [-0.39, 0.29) is 0 Å². The van der Waals surface area contributed by atoms with Crippen LogP contribution in [0.25, 0.3) is 5.13 Å². The van der Waals surface area contributed by atoms with Crippen LogP contribution < -0.4 is 10.2 Å². The first-order valence-electron chi connectivity index (χ1n) is 9.57. The van der Waals surface area contributed by atoms with Crippen molar-refractivity contribution in [3.63, 3.8) is 0 Å². The summed E-state index contributed by atoms with van der Waals surface area (Å²) in [6, 6.07) is 4.22. The van der Waals surface area contributed by atoms with E-state index in [1.165, 1.54) is 5.69 Å². The molecule has 1 aliphatic rings. The van der Waals surface area contributed by atoms with Crippen LogP contribution in [-0.4, -0.2) is 72.1 Å². The molecule has 0 aliphatic carbocycles. The molecule has 3 rings (SSSR count). The van der Waals surface area contributed by atoms with Crippen molar-refractivity contribution in [1.82, 2.24) is 25.0 Å². The quantitative estimate of drug-likeness (QED) is 0.638. The van der Waals surface area contributed by atoms with E-state index in [1.807, 2.05) is 0 Å². The summed E-state index contributed by atoms with van der Waals surface area (Å²) >= 11 is 1.64. The van der Waals surface area contributed by atoms with Gasteiger partial charge in [0, 0.05) is 44.6 Å². The van der Waals surface area contributed by atoms with Crippen molar-refractivity contribution in [2.24, 2.45) is 0 Å². The van der Waals surface area contributed by atoms with Gasteiger partial charge in [-0.1, -0.05) is 11.3 Å². The van der Waals surface area contributed by atoms with Gasteiger partial charge >= 0.3 is 0 Å². The van der Waals surface area contributed by atoms with Gasteiger partial charge in [0.25, 0.3) is 0 Å². The normalized spacial score (nSPS) is 15.5. The number of aromatic nitrogens is 3. The molecule has 144 valence electrons. The Morgan fingerprint density at radius 1 is 1.23 bits per heavy atom. The maximum Gasteiger partial charge on any atom is 0.218 e. The Morgan fingerprint density at radius 2 is 2.04 bits per heavy atom. The van der Waals surface area contributed by atoms with Crippen molar-refractivity contribution >= 4 is 16.5 Å². The Hall–Kier alpha value is -1.48. The Kier molecular flexibility index (Phi) is 7.43. The van der Waals surface area contributed by atoms with Crippen molar-refractivity contribution in [1.29, 1.82) is 0 Å². The number of anilines is 1. The van der Waals surface area contributed by atoms with Gasteiger partial charge in [-0.2, -0.15) is 0 Å². The van der Waals surface area contributed by atoms with Gasteiger partial charge in [-0.25, -0.2) is 0 Å². The van der Waals surface area contributed by atoms with Crippen molar-refractivity contribution in [3.05, 3.63) is 24.0 Å². The van der Waals surface area contributed by atoms with E-state index in [1.54, 1.807) is 11.3 Å². The molecule has 26 heavy (non-hydrogen) atoms. The average molecular weight is 379 g/mol. The van der Waals surface area contributed by atoms with Crippen LogP contribution in [0.1, 0.15) is 26.0 Å². The Morgan fingerprint density at radius 3 is 2.81 bits per heavy atom. The van der Waals surface area contributed by atoms with E-state index in [0.717, 1.165) is 75.7 Å². The number of hydrogen-bond acceptors (Lipinski definition) is 7. The molecular weight excluding hydrogens is 348 g/mol. The van der Waals surface area contributed by atoms with Gasteiger partial charge in [-0.3, -0.25) is 9.47 Å². The summed E-state index contributed by atoms with van der Waals surface area (Å²) in [5, 5.41) is 14.2. The standard InChI is InChI=1S/C18H30N6OS/c1-3-23(4-2)17-20-21-18(26-17)24-10-5-7-16(24)15-19-8-6-9-22-11-13-25-14-12-22/h5,7,10,19H,3-4,6,8-9,11-15H2,1-2H3. The minimum atomic E-state index is 0.844. The summed E-state index contributed by atoms with van der Waals surface area (Å²) in [4.78, 5) is 4.71. The highest BCUT2D eigenvalue weighted by atomic mass is 32.1.